The summed E-state index contributed by atoms with van der Waals surface area (Å²) in [5.74, 6) is 0.522. The zero-order valence-electron chi connectivity index (χ0n) is 12.1. The highest BCUT2D eigenvalue weighted by atomic mass is 16.5. The van der Waals surface area contributed by atoms with Crippen molar-refractivity contribution < 1.29 is 14.7 Å². The first-order valence-electron chi connectivity index (χ1n) is 6.43. The third kappa shape index (κ3) is 3.88. The number of aryl methyl sites for hydroxylation is 1. The lowest BCUT2D eigenvalue weighted by Crippen LogP contribution is -2.34. The Labute approximate surface area is 118 Å². The van der Waals surface area contributed by atoms with Crippen LogP contribution in [0.2, 0.25) is 0 Å². The molecule has 0 spiro atoms. The van der Waals surface area contributed by atoms with Crippen LogP contribution in [0.5, 0.6) is 5.75 Å². The molecule has 1 amide bonds. The number of nitrogens with zero attached hydrogens (tertiary/aromatic N) is 2. The van der Waals surface area contributed by atoms with Gasteiger partial charge in [0.15, 0.2) is 0 Å². The van der Waals surface area contributed by atoms with E-state index in [0.717, 1.165) is 5.56 Å². The third-order valence-corrected chi connectivity index (χ3v) is 3.02. The molecular weight excluding hydrogens is 258 g/mol. The summed E-state index contributed by atoms with van der Waals surface area (Å²) in [7, 11) is 1.54. The molecule has 0 bridgehead atoms. The Hall–Kier alpha value is -2.24. The molecule has 0 saturated carbocycles. The Bertz CT molecular complexity index is 500. The molecule has 0 aliphatic rings. The fourth-order valence-electron chi connectivity index (χ4n) is 1.86. The Morgan fingerprint density at radius 2 is 2.20 bits per heavy atom. The van der Waals surface area contributed by atoms with E-state index in [4.69, 9.17) is 15.7 Å². The summed E-state index contributed by atoms with van der Waals surface area (Å²) >= 11 is 0. The van der Waals surface area contributed by atoms with E-state index in [9.17, 15) is 4.79 Å². The Kier molecular flexibility index (Phi) is 5.83. The highest BCUT2D eigenvalue weighted by Gasteiger charge is 2.18. The monoisotopic (exact) mass is 279 g/mol. The quantitative estimate of drug-likeness (QED) is 0.358. The number of nitrogens with two attached hydrogens (primary N) is 1. The van der Waals surface area contributed by atoms with Gasteiger partial charge in [-0.2, -0.15) is 0 Å². The number of benzene rings is 1. The molecule has 0 heterocycles. The van der Waals surface area contributed by atoms with Gasteiger partial charge in [0.2, 0.25) is 0 Å². The minimum Gasteiger partial charge on any atom is -0.496 e. The van der Waals surface area contributed by atoms with Crippen LogP contribution in [-0.4, -0.2) is 42.0 Å². The van der Waals surface area contributed by atoms with Gasteiger partial charge in [0, 0.05) is 19.5 Å². The molecule has 6 heteroatoms. The maximum absolute atomic E-state index is 12.5. The number of rotatable bonds is 6. The molecule has 0 aliphatic heterocycles. The summed E-state index contributed by atoms with van der Waals surface area (Å²) in [4.78, 5) is 14.1. The van der Waals surface area contributed by atoms with Gasteiger partial charge in [0.25, 0.3) is 5.91 Å². The van der Waals surface area contributed by atoms with E-state index >= 15 is 0 Å². The van der Waals surface area contributed by atoms with E-state index in [0.29, 0.717) is 30.8 Å². The maximum atomic E-state index is 12.5. The first-order valence-corrected chi connectivity index (χ1v) is 6.43. The molecule has 0 unspecified atom stereocenters. The summed E-state index contributed by atoms with van der Waals surface area (Å²) in [5, 5.41) is 11.4. The summed E-state index contributed by atoms with van der Waals surface area (Å²) in [6.45, 7) is 4.73. The van der Waals surface area contributed by atoms with Crippen LogP contribution in [0.1, 0.15) is 29.3 Å². The summed E-state index contributed by atoms with van der Waals surface area (Å²) in [6, 6.07) is 5.47. The van der Waals surface area contributed by atoms with Crippen molar-refractivity contribution in [2.45, 2.75) is 20.3 Å². The van der Waals surface area contributed by atoms with Crippen molar-refractivity contribution in [2.24, 2.45) is 10.9 Å². The second-order valence-corrected chi connectivity index (χ2v) is 4.43. The second-order valence-electron chi connectivity index (χ2n) is 4.43. The molecule has 3 N–H and O–H groups in total. The molecule has 1 rings (SSSR count). The maximum Gasteiger partial charge on any atom is 0.257 e. The van der Waals surface area contributed by atoms with Gasteiger partial charge in [-0.15, -0.1) is 0 Å². The minimum absolute atomic E-state index is 0.104. The number of methoxy groups -OCH3 is 1. The summed E-state index contributed by atoms with van der Waals surface area (Å²) < 4.78 is 5.23. The molecule has 20 heavy (non-hydrogen) atoms. The van der Waals surface area contributed by atoms with E-state index in [-0.39, 0.29) is 11.7 Å². The molecule has 1 aromatic carbocycles. The topological polar surface area (TPSA) is 88.1 Å². The van der Waals surface area contributed by atoms with Gasteiger partial charge in [-0.25, -0.2) is 0 Å². The molecule has 0 saturated heterocycles. The minimum atomic E-state index is -0.126. The van der Waals surface area contributed by atoms with Crippen LogP contribution in [0.3, 0.4) is 0 Å². The van der Waals surface area contributed by atoms with Gasteiger partial charge in [0.1, 0.15) is 11.6 Å². The predicted octanol–water partition coefficient (Wildman–Crippen LogP) is 1.60. The SMILES string of the molecule is CCN(CCC(N)=NO)C(=O)c1cc(C)ccc1OC. The summed E-state index contributed by atoms with van der Waals surface area (Å²) in [5.41, 5.74) is 6.94. The van der Waals surface area contributed by atoms with Gasteiger partial charge in [-0.3, -0.25) is 4.79 Å². The van der Waals surface area contributed by atoms with Crippen molar-refractivity contribution >= 4 is 11.7 Å². The van der Waals surface area contributed by atoms with Gasteiger partial charge < -0.3 is 20.6 Å². The van der Waals surface area contributed by atoms with Gasteiger partial charge in [-0.1, -0.05) is 16.8 Å². The smallest absolute Gasteiger partial charge is 0.257 e. The molecule has 0 fully saturated rings. The number of oxime groups is 1. The van der Waals surface area contributed by atoms with Crippen LogP contribution in [-0.2, 0) is 0 Å². The zero-order valence-corrected chi connectivity index (χ0v) is 12.1. The lowest BCUT2D eigenvalue weighted by Gasteiger charge is -2.22. The standard InChI is InChI=1S/C14H21N3O3/c1-4-17(8-7-13(15)16-19)14(18)11-9-10(2)5-6-12(11)20-3/h5-6,9,19H,4,7-8H2,1-3H3,(H2,15,16). The van der Waals surface area contributed by atoms with Crippen molar-refractivity contribution in [2.75, 3.05) is 20.2 Å². The Balaban J connectivity index is 2.93. The van der Waals surface area contributed by atoms with Crippen LogP contribution in [0, 0.1) is 6.92 Å². The highest BCUT2D eigenvalue weighted by molar-refractivity contribution is 5.97. The number of carbonyl (C=O) groups is 1. The average Bonchev–Trinajstić information content (AvgIpc) is 2.47. The van der Waals surface area contributed by atoms with Crippen LogP contribution >= 0.6 is 0 Å². The normalized spacial score (nSPS) is 11.2. The van der Waals surface area contributed by atoms with Crippen molar-refractivity contribution in [1.29, 1.82) is 0 Å². The van der Waals surface area contributed by atoms with E-state index in [2.05, 4.69) is 5.16 Å². The first-order chi connectivity index (χ1) is 9.53. The van der Waals surface area contributed by atoms with Crippen LogP contribution < -0.4 is 10.5 Å². The Morgan fingerprint density at radius 3 is 2.75 bits per heavy atom. The van der Waals surface area contributed by atoms with Crippen molar-refractivity contribution in [1.82, 2.24) is 4.90 Å². The number of hydrogen-bond acceptors (Lipinski definition) is 4. The summed E-state index contributed by atoms with van der Waals surface area (Å²) in [6.07, 6.45) is 0.324. The molecular formula is C14H21N3O3. The molecule has 6 nitrogen and oxygen atoms in total. The lowest BCUT2D eigenvalue weighted by atomic mass is 10.1. The highest BCUT2D eigenvalue weighted by Crippen LogP contribution is 2.21. The molecule has 0 aromatic heterocycles. The lowest BCUT2D eigenvalue weighted by molar-refractivity contribution is 0.0765. The van der Waals surface area contributed by atoms with Gasteiger partial charge in [-0.05, 0) is 26.0 Å². The number of amidine groups is 1. The van der Waals surface area contributed by atoms with Crippen molar-refractivity contribution in [3.63, 3.8) is 0 Å². The Morgan fingerprint density at radius 1 is 1.50 bits per heavy atom. The van der Waals surface area contributed by atoms with Gasteiger partial charge >= 0.3 is 0 Å². The molecule has 0 radical (unpaired) electrons. The van der Waals surface area contributed by atoms with Crippen LogP contribution in [0.25, 0.3) is 0 Å². The van der Waals surface area contributed by atoms with Crippen molar-refractivity contribution in [3.05, 3.63) is 29.3 Å². The average molecular weight is 279 g/mol. The number of ether oxygens (including phenoxy) is 1. The fourth-order valence-corrected chi connectivity index (χ4v) is 1.86. The molecule has 0 atom stereocenters. The third-order valence-electron chi connectivity index (χ3n) is 3.02. The van der Waals surface area contributed by atoms with Crippen molar-refractivity contribution in [3.8, 4) is 5.75 Å². The van der Waals surface area contributed by atoms with E-state index < -0.39 is 0 Å². The molecule has 0 aliphatic carbocycles. The largest absolute Gasteiger partial charge is 0.496 e. The van der Waals surface area contributed by atoms with E-state index in [1.54, 1.807) is 17.0 Å². The van der Waals surface area contributed by atoms with E-state index in [1.807, 2.05) is 19.9 Å². The zero-order chi connectivity index (χ0) is 15.1. The molecule has 110 valence electrons. The van der Waals surface area contributed by atoms with Crippen LogP contribution in [0.15, 0.2) is 23.4 Å². The van der Waals surface area contributed by atoms with Gasteiger partial charge in [0.05, 0.1) is 12.7 Å². The first kappa shape index (κ1) is 15.8. The number of amides is 1. The number of hydrogen-bond donors (Lipinski definition) is 2. The fraction of sp³-hybridized carbons (Fsp3) is 0.429. The second kappa shape index (κ2) is 7.37. The van der Waals surface area contributed by atoms with Crippen LogP contribution in [0.4, 0.5) is 0 Å². The molecule has 1 aromatic rings. The predicted molar refractivity (Wildman–Crippen MR) is 77.3 cm³/mol. The van der Waals surface area contributed by atoms with E-state index in [1.165, 1.54) is 7.11 Å². The number of carbonyl (C=O) groups excluding carboxylic acids is 1.